The van der Waals surface area contributed by atoms with Crippen molar-refractivity contribution in [3.63, 3.8) is 0 Å². The lowest BCUT2D eigenvalue weighted by Gasteiger charge is -2.43. The topological polar surface area (TPSA) is 68.4 Å². The first-order valence-corrected chi connectivity index (χ1v) is 7.29. The minimum atomic E-state index is -0.320. The van der Waals surface area contributed by atoms with Gasteiger partial charge in [0.1, 0.15) is 5.56 Å². The molecule has 1 aliphatic heterocycles. The highest BCUT2D eigenvalue weighted by Gasteiger charge is 2.29. The summed E-state index contributed by atoms with van der Waals surface area (Å²) in [4.78, 5) is 31.2. The molecule has 0 atom stereocenters. The summed E-state index contributed by atoms with van der Waals surface area (Å²) in [5, 5.41) is 2.87. The monoisotopic (exact) mass is 292 g/mol. The number of hydrogen-bond donors (Lipinski definition) is 2. The van der Waals surface area contributed by atoms with E-state index in [0.717, 1.165) is 26.2 Å². The van der Waals surface area contributed by atoms with Crippen LogP contribution in [-0.4, -0.2) is 66.0 Å². The number of carbonyl (C=O) groups excluding carboxylic acids is 1. The van der Waals surface area contributed by atoms with Crippen LogP contribution in [0.3, 0.4) is 0 Å². The Hall–Kier alpha value is -1.66. The molecular weight excluding hydrogens is 268 g/mol. The zero-order valence-corrected chi connectivity index (χ0v) is 13.0. The molecule has 0 spiro atoms. The second-order valence-electron chi connectivity index (χ2n) is 6.21. The van der Waals surface area contributed by atoms with E-state index in [1.165, 1.54) is 18.5 Å². The lowest BCUT2D eigenvalue weighted by Crippen LogP contribution is -2.58. The summed E-state index contributed by atoms with van der Waals surface area (Å²) < 4.78 is 0. The second-order valence-corrected chi connectivity index (χ2v) is 6.21. The van der Waals surface area contributed by atoms with Crippen LogP contribution in [0.1, 0.15) is 24.2 Å². The molecule has 0 bridgehead atoms. The van der Waals surface area contributed by atoms with Gasteiger partial charge in [0.05, 0.1) is 0 Å². The number of piperazine rings is 1. The smallest absolute Gasteiger partial charge is 0.256 e. The third-order valence-electron chi connectivity index (χ3n) is 4.11. The number of hydrogen-bond acceptors (Lipinski definition) is 4. The van der Waals surface area contributed by atoms with Crippen molar-refractivity contribution in [3.8, 4) is 0 Å². The van der Waals surface area contributed by atoms with E-state index in [2.05, 4.69) is 41.0 Å². The van der Waals surface area contributed by atoms with Crippen molar-refractivity contribution in [2.45, 2.75) is 19.4 Å². The van der Waals surface area contributed by atoms with Crippen LogP contribution in [0, 0.1) is 0 Å². The van der Waals surface area contributed by atoms with Crippen LogP contribution >= 0.6 is 0 Å². The first-order valence-electron chi connectivity index (χ1n) is 7.29. The van der Waals surface area contributed by atoms with E-state index < -0.39 is 0 Å². The molecule has 6 nitrogen and oxygen atoms in total. The fourth-order valence-electron chi connectivity index (χ4n) is 2.51. The highest BCUT2D eigenvalue weighted by Crippen LogP contribution is 2.15. The number of rotatable bonds is 4. The first kappa shape index (κ1) is 15.7. The van der Waals surface area contributed by atoms with Crippen LogP contribution in [0.25, 0.3) is 0 Å². The van der Waals surface area contributed by atoms with Gasteiger partial charge in [-0.05, 0) is 20.9 Å². The third-order valence-corrected chi connectivity index (χ3v) is 4.11. The van der Waals surface area contributed by atoms with Crippen LogP contribution in [0.5, 0.6) is 0 Å². The number of nitrogens with zero attached hydrogens (tertiary/aromatic N) is 2. The van der Waals surface area contributed by atoms with E-state index in [1.54, 1.807) is 0 Å². The molecule has 1 aliphatic rings. The molecule has 1 amide bonds. The predicted octanol–water partition coefficient (Wildman–Crippen LogP) is 0.131. The Morgan fingerprint density at radius 1 is 1.33 bits per heavy atom. The summed E-state index contributed by atoms with van der Waals surface area (Å²) in [6, 6.07) is 1.36. The maximum absolute atomic E-state index is 12.1. The van der Waals surface area contributed by atoms with Crippen molar-refractivity contribution < 1.29 is 4.79 Å². The molecule has 116 valence electrons. The molecule has 2 heterocycles. The van der Waals surface area contributed by atoms with E-state index in [1.807, 2.05) is 0 Å². The Bertz CT molecular complexity index is 545. The first-order chi connectivity index (χ1) is 9.90. The molecule has 0 radical (unpaired) electrons. The third kappa shape index (κ3) is 3.92. The van der Waals surface area contributed by atoms with Gasteiger partial charge in [-0.25, -0.2) is 0 Å². The van der Waals surface area contributed by atoms with Gasteiger partial charge in [0.2, 0.25) is 0 Å². The van der Waals surface area contributed by atoms with E-state index in [4.69, 9.17) is 0 Å². The Morgan fingerprint density at radius 2 is 2.00 bits per heavy atom. The highest BCUT2D eigenvalue weighted by molar-refractivity contribution is 5.93. The molecule has 1 aromatic rings. The quantitative estimate of drug-likeness (QED) is 0.828. The SMILES string of the molecule is CN1CCN(C(C)(C)CNC(=O)c2c[nH]ccc2=O)CC1. The molecule has 2 rings (SSSR count). The summed E-state index contributed by atoms with van der Waals surface area (Å²) in [5.41, 5.74) is -0.228. The summed E-state index contributed by atoms with van der Waals surface area (Å²) in [6.45, 7) is 8.81. The van der Waals surface area contributed by atoms with Crippen LogP contribution < -0.4 is 10.7 Å². The lowest BCUT2D eigenvalue weighted by atomic mass is 10.0. The predicted molar refractivity (Wildman–Crippen MR) is 82.5 cm³/mol. The van der Waals surface area contributed by atoms with Crippen LogP contribution in [0.4, 0.5) is 0 Å². The van der Waals surface area contributed by atoms with Gasteiger partial charge in [-0.1, -0.05) is 0 Å². The van der Waals surface area contributed by atoms with Gasteiger partial charge >= 0.3 is 0 Å². The summed E-state index contributed by atoms with van der Waals surface area (Å²) in [5.74, 6) is -0.320. The number of aromatic amines is 1. The average Bonchev–Trinajstić information content (AvgIpc) is 2.46. The van der Waals surface area contributed by atoms with Crippen molar-refractivity contribution >= 4 is 5.91 Å². The Kier molecular flexibility index (Phi) is 4.80. The largest absolute Gasteiger partial charge is 0.367 e. The minimum Gasteiger partial charge on any atom is -0.367 e. The van der Waals surface area contributed by atoms with Gasteiger partial charge in [0, 0.05) is 56.7 Å². The highest BCUT2D eigenvalue weighted by atomic mass is 16.2. The number of carbonyl (C=O) groups is 1. The van der Waals surface area contributed by atoms with E-state index in [-0.39, 0.29) is 22.4 Å². The molecule has 0 unspecified atom stereocenters. The molecular formula is C15H24N4O2. The summed E-state index contributed by atoms with van der Waals surface area (Å²) in [7, 11) is 2.12. The molecule has 1 saturated heterocycles. The average molecular weight is 292 g/mol. The molecule has 2 N–H and O–H groups in total. The van der Waals surface area contributed by atoms with Gasteiger partial charge in [-0.15, -0.1) is 0 Å². The van der Waals surface area contributed by atoms with Crippen molar-refractivity contribution in [3.05, 3.63) is 34.2 Å². The van der Waals surface area contributed by atoms with Gasteiger partial charge in [0.25, 0.3) is 5.91 Å². The van der Waals surface area contributed by atoms with E-state index >= 15 is 0 Å². The van der Waals surface area contributed by atoms with Crippen LogP contribution in [-0.2, 0) is 0 Å². The molecule has 0 aliphatic carbocycles. The zero-order chi connectivity index (χ0) is 15.5. The molecule has 0 saturated carbocycles. The Labute approximate surface area is 125 Å². The Balaban J connectivity index is 1.94. The fourth-order valence-corrected chi connectivity index (χ4v) is 2.51. The van der Waals surface area contributed by atoms with Crippen LogP contribution in [0.2, 0.25) is 0 Å². The van der Waals surface area contributed by atoms with Crippen molar-refractivity contribution in [1.82, 2.24) is 20.1 Å². The normalized spacial score (nSPS) is 17.7. The summed E-state index contributed by atoms with van der Waals surface area (Å²) in [6.07, 6.45) is 2.97. The van der Waals surface area contributed by atoms with Crippen molar-refractivity contribution in [1.29, 1.82) is 0 Å². The van der Waals surface area contributed by atoms with Crippen molar-refractivity contribution in [2.75, 3.05) is 39.8 Å². The van der Waals surface area contributed by atoms with E-state index in [0.29, 0.717) is 6.54 Å². The number of nitrogens with one attached hydrogen (secondary N) is 2. The maximum Gasteiger partial charge on any atom is 0.256 e. The molecule has 1 fully saturated rings. The zero-order valence-electron chi connectivity index (χ0n) is 13.0. The van der Waals surface area contributed by atoms with E-state index in [9.17, 15) is 9.59 Å². The minimum absolute atomic E-state index is 0.127. The standard InChI is InChI=1S/C15H24N4O2/c1-15(2,19-8-6-18(3)7-9-19)11-17-14(21)12-10-16-5-4-13(12)20/h4-5,10H,6-9,11H2,1-3H3,(H,16,20)(H,17,21). The second kappa shape index (κ2) is 6.41. The van der Waals surface area contributed by atoms with Gasteiger partial charge < -0.3 is 15.2 Å². The van der Waals surface area contributed by atoms with Gasteiger partial charge in [0.15, 0.2) is 5.43 Å². The number of aromatic nitrogens is 1. The molecule has 6 heteroatoms. The maximum atomic E-state index is 12.1. The number of amides is 1. The van der Waals surface area contributed by atoms with Gasteiger partial charge in [-0.2, -0.15) is 0 Å². The Morgan fingerprint density at radius 3 is 2.62 bits per heavy atom. The van der Waals surface area contributed by atoms with Gasteiger partial charge in [-0.3, -0.25) is 14.5 Å². The summed E-state index contributed by atoms with van der Waals surface area (Å²) >= 11 is 0. The van der Waals surface area contributed by atoms with Crippen LogP contribution in [0.15, 0.2) is 23.3 Å². The number of H-pyrrole nitrogens is 1. The lowest BCUT2D eigenvalue weighted by molar-refractivity contribution is 0.0587. The number of likely N-dealkylation sites (N-methyl/N-ethyl adjacent to an activating group) is 1. The van der Waals surface area contributed by atoms with Crippen molar-refractivity contribution in [2.24, 2.45) is 0 Å². The molecule has 21 heavy (non-hydrogen) atoms. The number of pyridine rings is 1. The fraction of sp³-hybridized carbons (Fsp3) is 0.600. The molecule has 0 aromatic carbocycles. The molecule has 1 aromatic heterocycles.